The van der Waals surface area contributed by atoms with Gasteiger partial charge < -0.3 is 5.32 Å². The summed E-state index contributed by atoms with van der Waals surface area (Å²) >= 11 is 0. The van der Waals surface area contributed by atoms with E-state index in [1.165, 1.54) is 12.4 Å². The van der Waals surface area contributed by atoms with Gasteiger partial charge in [0.05, 0.1) is 16.8 Å². The summed E-state index contributed by atoms with van der Waals surface area (Å²) < 4.78 is 37.5. The van der Waals surface area contributed by atoms with Gasteiger partial charge in [-0.05, 0) is 19.2 Å². The van der Waals surface area contributed by atoms with E-state index < -0.39 is 11.7 Å². The summed E-state index contributed by atoms with van der Waals surface area (Å²) in [6, 6.07) is 3.49. The molecule has 0 aliphatic heterocycles. The van der Waals surface area contributed by atoms with E-state index in [-0.39, 0.29) is 0 Å². The first kappa shape index (κ1) is 11.8. The van der Waals surface area contributed by atoms with E-state index >= 15 is 0 Å². The van der Waals surface area contributed by atoms with Crippen LogP contribution in [0.3, 0.4) is 0 Å². The van der Waals surface area contributed by atoms with Crippen molar-refractivity contribution in [2.45, 2.75) is 12.7 Å². The summed E-state index contributed by atoms with van der Waals surface area (Å²) in [6.07, 6.45) is -3.07. The summed E-state index contributed by atoms with van der Waals surface area (Å²) in [6.45, 7) is 0.490. The van der Waals surface area contributed by atoms with Crippen LogP contribution in [0.4, 0.5) is 13.2 Å². The summed E-state index contributed by atoms with van der Waals surface area (Å²) in [5, 5.41) is 3.54. The maximum absolute atomic E-state index is 12.5. The van der Waals surface area contributed by atoms with E-state index in [4.69, 9.17) is 0 Å². The maximum atomic E-state index is 12.5. The third-order valence-corrected chi connectivity index (χ3v) is 2.39. The molecule has 0 bridgehead atoms. The Hall–Kier alpha value is -1.69. The van der Waals surface area contributed by atoms with Gasteiger partial charge in [0.25, 0.3) is 0 Å². The number of nitrogens with one attached hydrogen (secondary N) is 1. The molecule has 2 aromatic rings. The van der Waals surface area contributed by atoms with Gasteiger partial charge in [0.2, 0.25) is 0 Å². The minimum absolute atomic E-state index is 0.306. The lowest BCUT2D eigenvalue weighted by Gasteiger charge is -2.09. The molecule has 1 aromatic carbocycles. The Kier molecular flexibility index (Phi) is 2.97. The summed E-state index contributed by atoms with van der Waals surface area (Å²) in [7, 11) is 1.75. The quantitative estimate of drug-likeness (QED) is 0.877. The van der Waals surface area contributed by atoms with Crippen LogP contribution in [0.25, 0.3) is 10.9 Å². The normalized spacial score (nSPS) is 12.0. The first-order chi connectivity index (χ1) is 8.02. The van der Waals surface area contributed by atoms with Crippen LogP contribution in [-0.2, 0) is 12.7 Å². The fourth-order valence-corrected chi connectivity index (χ4v) is 1.60. The van der Waals surface area contributed by atoms with Crippen LogP contribution in [0.2, 0.25) is 0 Å². The van der Waals surface area contributed by atoms with Gasteiger partial charge in [0.1, 0.15) is 6.33 Å². The molecule has 0 spiro atoms. The molecule has 0 aliphatic carbocycles. The summed E-state index contributed by atoms with van der Waals surface area (Å²) in [4.78, 5) is 7.89. The molecule has 0 atom stereocenters. The molecular formula is C11H10F3N3. The smallest absolute Gasteiger partial charge is 0.314 e. The Bertz CT molecular complexity index is 537. The van der Waals surface area contributed by atoms with Gasteiger partial charge in [-0.25, -0.2) is 9.97 Å². The van der Waals surface area contributed by atoms with E-state index in [1.54, 1.807) is 7.05 Å². The molecule has 0 fully saturated rings. The van der Waals surface area contributed by atoms with Crippen molar-refractivity contribution in [3.63, 3.8) is 0 Å². The molecule has 90 valence electrons. The number of aromatic nitrogens is 2. The molecule has 17 heavy (non-hydrogen) atoms. The van der Waals surface area contributed by atoms with E-state index in [0.717, 1.165) is 12.1 Å². The molecule has 0 saturated heterocycles. The molecule has 1 heterocycles. The van der Waals surface area contributed by atoms with Gasteiger partial charge in [-0.3, -0.25) is 0 Å². The van der Waals surface area contributed by atoms with E-state index in [2.05, 4.69) is 15.3 Å². The fraction of sp³-hybridized carbons (Fsp3) is 0.273. The van der Waals surface area contributed by atoms with Crippen LogP contribution in [0.15, 0.2) is 24.5 Å². The number of nitrogens with zero attached hydrogens (tertiary/aromatic N) is 2. The molecule has 0 radical (unpaired) electrons. The zero-order valence-corrected chi connectivity index (χ0v) is 9.04. The lowest BCUT2D eigenvalue weighted by atomic mass is 10.1. The number of fused-ring (bicyclic) bond motifs is 1. The van der Waals surface area contributed by atoms with Gasteiger partial charge in [-0.1, -0.05) is 6.07 Å². The van der Waals surface area contributed by atoms with Gasteiger partial charge in [0, 0.05) is 11.9 Å². The first-order valence-electron chi connectivity index (χ1n) is 4.98. The predicted octanol–water partition coefficient (Wildman–Crippen LogP) is 2.37. The topological polar surface area (TPSA) is 37.8 Å². The minimum atomic E-state index is -4.34. The standard InChI is InChI=1S/C11H10F3N3/c1-15-5-10-8-3-2-7(11(12,13)14)4-9(8)16-6-17-10/h2-4,6,15H,5H2,1H3. The van der Waals surface area contributed by atoms with Crippen LogP contribution in [-0.4, -0.2) is 17.0 Å². The number of hydrogen-bond donors (Lipinski definition) is 1. The summed E-state index contributed by atoms with van der Waals surface area (Å²) in [5.74, 6) is 0. The van der Waals surface area contributed by atoms with Gasteiger partial charge >= 0.3 is 6.18 Å². The van der Waals surface area contributed by atoms with E-state index in [9.17, 15) is 13.2 Å². The predicted molar refractivity (Wildman–Crippen MR) is 57.3 cm³/mol. The van der Waals surface area contributed by atoms with Gasteiger partial charge in [-0.15, -0.1) is 0 Å². The molecule has 1 aromatic heterocycles. The second-order valence-corrected chi connectivity index (χ2v) is 3.58. The Morgan fingerprint density at radius 3 is 2.65 bits per heavy atom. The number of hydrogen-bond acceptors (Lipinski definition) is 3. The Labute approximate surface area is 95.7 Å². The Morgan fingerprint density at radius 1 is 1.24 bits per heavy atom. The van der Waals surface area contributed by atoms with Crippen molar-refractivity contribution in [2.75, 3.05) is 7.05 Å². The van der Waals surface area contributed by atoms with Crippen molar-refractivity contribution in [3.05, 3.63) is 35.8 Å². The van der Waals surface area contributed by atoms with Crippen LogP contribution in [0, 0.1) is 0 Å². The number of alkyl halides is 3. The van der Waals surface area contributed by atoms with Crippen molar-refractivity contribution >= 4 is 10.9 Å². The zero-order chi connectivity index (χ0) is 12.5. The number of rotatable bonds is 2. The zero-order valence-electron chi connectivity index (χ0n) is 9.04. The molecule has 0 amide bonds. The highest BCUT2D eigenvalue weighted by molar-refractivity contribution is 5.81. The first-order valence-corrected chi connectivity index (χ1v) is 4.98. The SMILES string of the molecule is CNCc1ncnc2cc(C(F)(F)F)ccc12. The number of benzene rings is 1. The van der Waals surface area contributed by atoms with Gasteiger partial charge in [0.15, 0.2) is 0 Å². The third-order valence-electron chi connectivity index (χ3n) is 2.39. The average molecular weight is 241 g/mol. The van der Waals surface area contributed by atoms with Gasteiger partial charge in [-0.2, -0.15) is 13.2 Å². The van der Waals surface area contributed by atoms with Crippen LogP contribution in [0.1, 0.15) is 11.3 Å². The molecule has 0 saturated carbocycles. The maximum Gasteiger partial charge on any atom is 0.416 e. The monoisotopic (exact) mass is 241 g/mol. The molecular weight excluding hydrogens is 231 g/mol. The van der Waals surface area contributed by atoms with Crippen molar-refractivity contribution < 1.29 is 13.2 Å². The molecule has 0 aliphatic rings. The van der Waals surface area contributed by atoms with Crippen LogP contribution < -0.4 is 5.32 Å². The third kappa shape index (κ3) is 2.36. The van der Waals surface area contributed by atoms with Crippen molar-refractivity contribution in [1.29, 1.82) is 0 Å². The Balaban J connectivity index is 2.57. The molecule has 6 heteroatoms. The lowest BCUT2D eigenvalue weighted by Crippen LogP contribution is -2.09. The molecule has 3 nitrogen and oxygen atoms in total. The second-order valence-electron chi connectivity index (χ2n) is 3.58. The van der Waals surface area contributed by atoms with Crippen LogP contribution in [0.5, 0.6) is 0 Å². The highest BCUT2D eigenvalue weighted by Crippen LogP contribution is 2.31. The summed E-state index contributed by atoms with van der Waals surface area (Å²) in [5.41, 5.74) is 0.297. The Morgan fingerprint density at radius 2 is 2.00 bits per heavy atom. The fourth-order valence-electron chi connectivity index (χ4n) is 1.60. The van der Waals surface area contributed by atoms with Crippen molar-refractivity contribution in [3.8, 4) is 0 Å². The average Bonchev–Trinajstić information content (AvgIpc) is 2.28. The highest BCUT2D eigenvalue weighted by atomic mass is 19.4. The lowest BCUT2D eigenvalue weighted by molar-refractivity contribution is -0.137. The molecule has 0 unspecified atom stereocenters. The van der Waals surface area contributed by atoms with Crippen molar-refractivity contribution in [1.82, 2.24) is 15.3 Å². The largest absolute Gasteiger partial charge is 0.416 e. The minimum Gasteiger partial charge on any atom is -0.314 e. The molecule has 2 rings (SSSR count). The van der Waals surface area contributed by atoms with E-state index in [1.807, 2.05) is 0 Å². The van der Waals surface area contributed by atoms with Crippen LogP contribution >= 0.6 is 0 Å². The second kappa shape index (κ2) is 4.29. The van der Waals surface area contributed by atoms with E-state index in [0.29, 0.717) is 23.1 Å². The highest BCUT2D eigenvalue weighted by Gasteiger charge is 2.30. The number of halogens is 3. The molecule has 1 N–H and O–H groups in total. The van der Waals surface area contributed by atoms with Crippen molar-refractivity contribution in [2.24, 2.45) is 0 Å².